The zero-order chi connectivity index (χ0) is 12.9. The second-order valence-corrected chi connectivity index (χ2v) is 7.20. The summed E-state index contributed by atoms with van der Waals surface area (Å²) in [5.74, 6) is 0.694. The summed E-state index contributed by atoms with van der Waals surface area (Å²) in [6.45, 7) is 12.8. The summed E-state index contributed by atoms with van der Waals surface area (Å²) in [5, 5.41) is 5.66. The zero-order valence-electron chi connectivity index (χ0n) is 10.9. The molecule has 0 saturated heterocycles. The van der Waals surface area contributed by atoms with Gasteiger partial charge >= 0.3 is 0 Å². The summed E-state index contributed by atoms with van der Waals surface area (Å²) >= 11 is 5.31. The van der Waals surface area contributed by atoms with Crippen LogP contribution in [0.1, 0.15) is 25.6 Å². The van der Waals surface area contributed by atoms with E-state index in [1.807, 2.05) is 11.3 Å². The fraction of sp³-hybridized carbons (Fsp3) is 0.571. The van der Waals surface area contributed by atoms with Crippen molar-refractivity contribution >= 4 is 27.3 Å². The average Bonchev–Trinajstić information content (AvgIpc) is 2.63. The van der Waals surface area contributed by atoms with Gasteiger partial charge in [0.05, 0.1) is 0 Å². The molecule has 1 aromatic heterocycles. The molecule has 3 heteroatoms. The van der Waals surface area contributed by atoms with Gasteiger partial charge < -0.3 is 5.32 Å². The summed E-state index contributed by atoms with van der Waals surface area (Å²) in [5.41, 5.74) is 0.138. The van der Waals surface area contributed by atoms with E-state index in [1.165, 1.54) is 9.35 Å². The highest BCUT2D eigenvalue weighted by Crippen LogP contribution is 2.28. The van der Waals surface area contributed by atoms with Crippen molar-refractivity contribution in [1.82, 2.24) is 5.32 Å². The summed E-state index contributed by atoms with van der Waals surface area (Å²) in [6, 6.07) is 2.20. The molecule has 96 valence electrons. The van der Waals surface area contributed by atoms with Gasteiger partial charge in [-0.05, 0) is 40.9 Å². The molecule has 0 spiro atoms. The van der Waals surface area contributed by atoms with E-state index in [0.717, 1.165) is 19.5 Å². The normalized spacial score (nSPS) is 14.9. The first kappa shape index (κ1) is 14.9. The fourth-order valence-electron chi connectivity index (χ4n) is 1.70. The number of halogens is 1. The number of rotatable bonds is 7. The molecule has 0 amide bonds. The summed E-state index contributed by atoms with van der Waals surface area (Å²) in [4.78, 5) is 1.41. The lowest BCUT2D eigenvalue weighted by Gasteiger charge is -2.26. The van der Waals surface area contributed by atoms with Crippen molar-refractivity contribution in [3.8, 4) is 0 Å². The summed E-state index contributed by atoms with van der Waals surface area (Å²) < 4.78 is 1.18. The maximum absolute atomic E-state index is 3.99. The Balaban J connectivity index is 2.53. The van der Waals surface area contributed by atoms with Crippen LogP contribution in [0, 0.1) is 11.3 Å². The van der Waals surface area contributed by atoms with Crippen molar-refractivity contribution in [2.75, 3.05) is 13.1 Å². The van der Waals surface area contributed by atoms with Crippen molar-refractivity contribution in [2.45, 2.75) is 27.2 Å². The van der Waals surface area contributed by atoms with Crippen LogP contribution in [0.3, 0.4) is 0 Å². The third-order valence-electron chi connectivity index (χ3n) is 2.77. The van der Waals surface area contributed by atoms with Gasteiger partial charge in [0.2, 0.25) is 0 Å². The average molecular weight is 316 g/mol. The van der Waals surface area contributed by atoms with E-state index in [2.05, 4.69) is 66.1 Å². The number of thiophene rings is 1. The van der Waals surface area contributed by atoms with Crippen LogP contribution < -0.4 is 5.32 Å². The Morgan fingerprint density at radius 3 is 2.76 bits per heavy atom. The van der Waals surface area contributed by atoms with Crippen LogP contribution in [0.4, 0.5) is 0 Å². The van der Waals surface area contributed by atoms with Crippen molar-refractivity contribution in [1.29, 1.82) is 0 Å². The molecule has 0 fully saturated rings. The fourth-order valence-corrected chi connectivity index (χ4v) is 3.35. The van der Waals surface area contributed by atoms with Gasteiger partial charge in [0.15, 0.2) is 0 Å². The third kappa shape index (κ3) is 5.36. The Labute approximate surface area is 117 Å². The molecular formula is C14H22BrNS. The number of nitrogens with one attached hydrogen (secondary N) is 1. The van der Waals surface area contributed by atoms with E-state index in [4.69, 9.17) is 0 Å². The van der Waals surface area contributed by atoms with E-state index < -0.39 is 0 Å². The highest BCUT2D eigenvalue weighted by Gasteiger charge is 2.21. The van der Waals surface area contributed by atoms with Gasteiger partial charge in [0.1, 0.15) is 0 Å². The highest BCUT2D eigenvalue weighted by molar-refractivity contribution is 9.10. The van der Waals surface area contributed by atoms with Gasteiger partial charge in [0.25, 0.3) is 0 Å². The maximum Gasteiger partial charge on any atom is 0.0285 e. The van der Waals surface area contributed by atoms with Gasteiger partial charge in [-0.1, -0.05) is 26.8 Å². The van der Waals surface area contributed by atoms with Gasteiger partial charge in [-0.15, -0.1) is 17.9 Å². The Bertz CT molecular complexity index is 359. The number of hydrogen-bond acceptors (Lipinski definition) is 2. The third-order valence-corrected chi connectivity index (χ3v) is 4.47. The first-order valence-electron chi connectivity index (χ1n) is 6.02. The topological polar surface area (TPSA) is 12.0 Å². The Hall–Kier alpha value is -0.120. The monoisotopic (exact) mass is 315 g/mol. The molecule has 1 rings (SSSR count). The van der Waals surface area contributed by atoms with Crippen LogP contribution >= 0.6 is 27.3 Å². The standard InChI is InChI=1S/C14H22BrNS/c1-5-14(4,10-16-8-11(2)3)7-13-6-12(15)9-17-13/h5-6,9,11,16H,1,7-8,10H2,2-4H3. The van der Waals surface area contributed by atoms with Crippen LogP contribution in [-0.2, 0) is 6.42 Å². The predicted octanol–water partition coefficient (Wildman–Crippen LogP) is 4.49. The van der Waals surface area contributed by atoms with Gasteiger partial charge in [-0.3, -0.25) is 0 Å². The van der Waals surface area contributed by atoms with E-state index in [1.54, 1.807) is 0 Å². The van der Waals surface area contributed by atoms with Crippen LogP contribution in [0.15, 0.2) is 28.6 Å². The molecule has 1 aromatic rings. The second kappa shape index (κ2) is 6.72. The van der Waals surface area contributed by atoms with Crippen LogP contribution in [0.5, 0.6) is 0 Å². The summed E-state index contributed by atoms with van der Waals surface area (Å²) in [7, 11) is 0. The minimum atomic E-state index is 0.138. The quantitative estimate of drug-likeness (QED) is 0.731. The molecule has 0 saturated carbocycles. The van der Waals surface area contributed by atoms with Gasteiger partial charge in [-0.2, -0.15) is 0 Å². The highest BCUT2D eigenvalue weighted by atomic mass is 79.9. The Kier molecular flexibility index (Phi) is 5.90. The van der Waals surface area contributed by atoms with Crippen LogP contribution in [0.25, 0.3) is 0 Å². The zero-order valence-corrected chi connectivity index (χ0v) is 13.3. The lowest BCUT2D eigenvalue weighted by Crippen LogP contribution is -2.33. The van der Waals surface area contributed by atoms with E-state index in [-0.39, 0.29) is 5.41 Å². The second-order valence-electron chi connectivity index (χ2n) is 5.29. The SMILES string of the molecule is C=CC(C)(CNCC(C)C)Cc1cc(Br)cs1. The summed E-state index contributed by atoms with van der Waals surface area (Å²) in [6.07, 6.45) is 3.13. The molecule has 1 atom stereocenters. The van der Waals surface area contributed by atoms with E-state index in [0.29, 0.717) is 5.92 Å². The molecule has 0 aliphatic rings. The molecule has 1 heterocycles. The molecule has 0 aliphatic heterocycles. The first-order valence-corrected chi connectivity index (χ1v) is 7.70. The van der Waals surface area contributed by atoms with E-state index >= 15 is 0 Å². The van der Waals surface area contributed by atoms with Crippen LogP contribution in [0.2, 0.25) is 0 Å². The minimum absolute atomic E-state index is 0.138. The van der Waals surface area contributed by atoms with Crippen molar-refractivity contribution in [2.24, 2.45) is 11.3 Å². The Morgan fingerprint density at radius 2 is 2.29 bits per heavy atom. The Morgan fingerprint density at radius 1 is 1.59 bits per heavy atom. The minimum Gasteiger partial charge on any atom is -0.316 e. The first-order chi connectivity index (χ1) is 7.95. The smallest absolute Gasteiger partial charge is 0.0285 e. The molecular weight excluding hydrogens is 294 g/mol. The van der Waals surface area contributed by atoms with Gasteiger partial charge in [0, 0.05) is 26.7 Å². The lowest BCUT2D eigenvalue weighted by atomic mass is 9.86. The largest absolute Gasteiger partial charge is 0.316 e. The number of hydrogen-bond donors (Lipinski definition) is 1. The maximum atomic E-state index is 3.99. The van der Waals surface area contributed by atoms with Crippen molar-refractivity contribution < 1.29 is 0 Å². The molecule has 1 unspecified atom stereocenters. The molecule has 1 nitrogen and oxygen atoms in total. The molecule has 1 N–H and O–H groups in total. The lowest BCUT2D eigenvalue weighted by molar-refractivity contribution is 0.380. The molecule has 17 heavy (non-hydrogen) atoms. The van der Waals surface area contributed by atoms with E-state index in [9.17, 15) is 0 Å². The van der Waals surface area contributed by atoms with Crippen molar-refractivity contribution in [3.63, 3.8) is 0 Å². The predicted molar refractivity (Wildman–Crippen MR) is 81.7 cm³/mol. The molecule has 0 aliphatic carbocycles. The van der Waals surface area contributed by atoms with Gasteiger partial charge in [-0.25, -0.2) is 0 Å². The molecule has 0 aromatic carbocycles. The van der Waals surface area contributed by atoms with Crippen LogP contribution in [-0.4, -0.2) is 13.1 Å². The van der Waals surface area contributed by atoms with Crippen molar-refractivity contribution in [3.05, 3.63) is 33.5 Å². The molecule has 0 radical (unpaired) electrons. The molecule has 0 bridgehead atoms.